The molecule has 3 rings (SSSR count). The number of ether oxygens (including phenoxy) is 1. The number of aromatic nitrogens is 2. The minimum atomic E-state index is 0.493. The van der Waals surface area contributed by atoms with E-state index >= 15 is 0 Å². The zero-order valence-corrected chi connectivity index (χ0v) is 11.9. The average Bonchev–Trinajstić information content (AvgIpc) is 2.87. The van der Waals surface area contributed by atoms with Gasteiger partial charge in [0.1, 0.15) is 12.4 Å². The molecule has 2 heterocycles. The van der Waals surface area contributed by atoms with Gasteiger partial charge in [-0.3, -0.25) is 0 Å². The number of nitrogens with zero attached hydrogens (tertiary/aromatic N) is 2. The van der Waals surface area contributed by atoms with Gasteiger partial charge in [-0.05, 0) is 36.2 Å². The summed E-state index contributed by atoms with van der Waals surface area (Å²) >= 11 is 0. The molecular weight excluding hydrogens is 262 g/mol. The quantitative estimate of drug-likeness (QED) is 0.756. The van der Waals surface area contributed by atoms with Gasteiger partial charge in [-0.1, -0.05) is 30.3 Å². The van der Waals surface area contributed by atoms with E-state index < -0.39 is 0 Å². The first kappa shape index (κ1) is 13.8. The number of benzene rings is 1. The molecule has 0 aliphatic rings. The van der Waals surface area contributed by atoms with Crippen LogP contribution in [0.25, 0.3) is 11.0 Å². The molecular formula is C17H19N3O. The second-order valence-corrected chi connectivity index (χ2v) is 5.00. The molecule has 108 valence electrons. The fourth-order valence-electron chi connectivity index (χ4n) is 2.48. The van der Waals surface area contributed by atoms with Crippen molar-refractivity contribution in [3.63, 3.8) is 0 Å². The Labute approximate surface area is 124 Å². The van der Waals surface area contributed by atoms with Gasteiger partial charge < -0.3 is 15.0 Å². The summed E-state index contributed by atoms with van der Waals surface area (Å²) in [5.41, 5.74) is 9.03. The van der Waals surface area contributed by atoms with Crippen LogP contribution in [0.3, 0.4) is 0 Å². The van der Waals surface area contributed by atoms with E-state index in [0.29, 0.717) is 19.9 Å². The van der Waals surface area contributed by atoms with Gasteiger partial charge in [0.2, 0.25) is 0 Å². The van der Waals surface area contributed by atoms with Gasteiger partial charge in [-0.2, -0.15) is 0 Å². The van der Waals surface area contributed by atoms with Crippen LogP contribution >= 0.6 is 0 Å². The molecule has 0 bridgehead atoms. The summed E-state index contributed by atoms with van der Waals surface area (Å²) in [5, 5.41) is 1.16. The van der Waals surface area contributed by atoms with Crippen LogP contribution in [0.5, 0.6) is 0 Å². The molecule has 0 fully saturated rings. The molecule has 4 heteroatoms. The molecule has 0 aliphatic carbocycles. The van der Waals surface area contributed by atoms with Gasteiger partial charge in [0, 0.05) is 17.8 Å². The summed E-state index contributed by atoms with van der Waals surface area (Å²) in [7, 11) is 0. The van der Waals surface area contributed by atoms with Crippen molar-refractivity contribution in [2.75, 3.05) is 6.54 Å². The molecule has 21 heavy (non-hydrogen) atoms. The van der Waals surface area contributed by atoms with Crippen LogP contribution in [0.1, 0.15) is 11.1 Å². The molecule has 0 radical (unpaired) electrons. The van der Waals surface area contributed by atoms with Gasteiger partial charge in [0.25, 0.3) is 0 Å². The van der Waals surface area contributed by atoms with E-state index in [4.69, 9.17) is 10.5 Å². The van der Waals surface area contributed by atoms with E-state index in [-0.39, 0.29) is 0 Å². The molecule has 0 unspecified atom stereocenters. The van der Waals surface area contributed by atoms with Crippen LogP contribution in [0.2, 0.25) is 0 Å². The Kier molecular flexibility index (Phi) is 4.28. The van der Waals surface area contributed by atoms with Crippen molar-refractivity contribution in [1.82, 2.24) is 9.55 Å². The van der Waals surface area contributed by atoms with E-state index in [1.165, 1.54) is 11.1 Å². The number of rotatable bonds is 6. The highest BCUT2D eigenvalue weighted by molar-refractivity contribution is 5.80. The predicted molar refractivity (Wildman–Crippen MR) is 83.7 cm³/mol. The SMILES string of the molecule is NCCc1cn(COCc2ccccc2)c2ncccc12. The lowest BCUT2D eigenvalue weighted by atomic mass is 10.2. The Hall–Kier alpha value is -2.17. The third-order valence-corrected chi connectivity index (χ3v) is 3.47. The molecule has 2 N–H and O–H groups in total. The highest BCUT2D eigenvalue weighted by Gasteiger charge is 2.08. The molecule has 0 saturated carbocycles. The first-order chi connectivity index (χ1) is 10.4. The molecule has 0 aliphatic heterocycles. The predicted octanol–water partition coefficient (Wildman–Crippen LogP) is 2.71. The maximum absolute atomic E-state index is 5.80. The van der Waals surface area contributed by atoms with E-state index in [2.05, 4.69) is 29.4 Å². The van der Waals surface area contributed by atoms with Crippen molar-refractivity contribution in [2.45, 2.75) is 19.8 Å². The summed E-state index contributed by atoms with van der Waals surface area (Å²) < 4.78 is 7.84. The molecule has 0 amide bonds. The second-order valence-electron chi connectivity index (χ2n) is 5.00. The lowest BCUT2D eigenvalue weighted by molar-refractivity contribution is 0.0664. The van der Waals surface area contributed by atoms with Crippen LogP contribution in [-0.2, 0) is 24.5 Å². The van der Waals surface area contributed by atoms with Crippen molar-refractivity contribution in [1.29, 1.82) is 0 Å². The molecule has 0 saturated heterocycles. The highest BCUT2D eigenvalue weighted by atomic mass is 16.5. The minimum Gasteiger partial charge on any atom is -0.356 e. The lowest BCUT2D eigenvalue weighted by Crippen LogP contribution is -2.03. The fraction of sp³-hybridized carbons (Fsp3) is 0.235. The number of fused-ring (bicyclic) bond motifs is 1. The molecule has 4 nitrogen and oxygen atoms in total. The maximum atomic E-state index is 5.80. The average molecular weight is 281 g/mol. The third-order valence-electron chi connectivity index (χ3n) is 3.47. The number of hydrogen-bond donors (Lipinski definition) is 1. The molecule has 2 aromatic heterocycles. The Morgan fingerprint density at radius 1 is 1.10 bits per heavy atom. The fourth-order valence-corrected chi connectivity index (χ4v) is 2.48. The van der Waals surface area contributed by atoms with Crippen LogP contribution in [0.4, 0.5) is 0 Å². The normalized spacial score (nSPS) is 11.1. The van der Waals surface area contributed by atoms with Gasteiger partial charge >= 0.3 is 0 Å². The Balaban J connectivity index is 1.74. The van der Waals surface area contributed by atoms with E-state index in [0.717, 1.165) is 17.5 Å². The van der Waals surface area contributed by atoms with Crippen LogP contribution in [-0.4, -0.2) is 16.1 Å². The lowest BCUT2D eigenvalue weighted by Gasteiger charge is -2.06. The Morgan fingerprint density at radius 3 is 2.76 bits per heavy atom. The maximum Gasteiger partial charge on any atom is 0.142 e. The van der Waals surface area contributed by atoms with Crippen molar-refractivity contribution in [3.05, 3.63) is 66.0 Å². The summed E-state index contributed by atoms with van der Waals surface area (Å²) in [5.74, 6) is 0. The zero-order chi connectivity index (χ0) is 14.5. The van der Waals surface area contributed by atoms with Gasteiger partial charge in [0.15, 0.2) is 0 Å². The van der Waals surface area contributed by atoms with Crippen LogP contribution in [0, 0.1) is 0 Å². The second kappa shape index (κ2) is 6.52. The van der Waals surface area contributed by atoms with Gasteiger partial charge in [-0.15, -0.1) is 0 Å². The molecule has 1 aromatic carbocycles. The summed E-state index contributed by atoms with van der Waals surface area (Å²) in [6.07, 6.45) is 4.76. The van der Waals surface area contributed by atoms with Crippen molar-refractivity contribution >= 4 is 11.0 Å². The highest BCUT2D eigenvalue weighted by Crippen LogP contribution is 2.19. The largest absolute Gasteiger partial charge is 0.356 e. The minimum absolute atomic E-state index is 0.493. The third kappa shape index (κ3) is 3.12. The number of nitrogens with two attached hydrogens (primary N) is 1. The smallest absolute Gasteiger partial charge is 0.142 e. The van der Waals surface area contributed by atoms with E-state index in [1.54, 1.807) is 0 Å². The summed E-state index contributed by atoms with van der Waals surface area (Å²) in [6, 6.07) is 14.2. The first-order valence-corrected chi connectivity index (χ1v) is 7.13. The van der Waals surface area contributed by atoms with E-state index in [1.807, 2.05) is 35.0 Å². The van der Waals surface area contributed by atoms with Crippen molar-refractivity contribution in [3.8, 4) is 0 Å². The van der Waals surface area contributed by atoms with Gasteiger partial charge in [-0.25, -0.2) is 4.98 Å². The zero-order valence-electron chi connectivity index (χ0n) is 11.9. The number of pyridine rings is 1. The standard InChI is InChI=1S/C17H19N3O/c18-9-8-15-11-20(17-16(15)7-4-10-19-17)13-21-12-14-5-2-1-3-6-14/h1-7,10-11H,8-9,12-13,18H2. The monoisotopic (exact) mass is 281 g/mol. The summed E-state index contributed by atoms with van der Waals surface area (Å²) in [4.78, 5) is 4.45. The van der Waals surface area contributed by atoms with Crippen molar-refractivity contribution in [2.24, 2.45) is 5.73 Å². The molecule has 0 spiro atoms. The van der Waals surface area contributed by atoms with Crippen molar-refractivity contribution < 1.29 is 4.74 Å². The summed E-state index contributed by atoms with van der Waals surface area (Å²) in [6.45, 7) is 1.73. The van der Waals surface area contributed by atoms with Gasteiger partial charge in [0.05, 0.1) is 6.61 Å². The van der Waals surface area contributed by atoms with E-state index in [9.17, 15) is 0 Å². The van der Waals surface area contributed by atoms with Crippen LogP contribution in [0.15, 0.2) is 54.9 Å². The first-order valence-electron chi connectivity index (χ1n) is 7.13. The molecule has 3 aromatic rings. The topological polar surface area (TPSA) is 53.1 Å². The van der Waals surface area contributed by atoms with Crippen LogP contribution < -0.4 is 5.73 Å². The number of hydrogen-bond acceptors (Lipinski definition) is 3. The molecule has 0 atom stereocenters. The Bertz CT molecular complexity index is 706. The Morgan fingerprint density at radius 2 is 1.95 bits per heavy atom.